The molecule has 0 amide bonds. The van der Waals surface area contributed by atoms with Gasteiger partial charge in [0, 0.05) is 6.54 Å². The van der Waals surface area contributed by atoms with Gasteiger partial charge in [0.05, 0.1) is 17.8 Å². The molecule has 140 valence electrons. The van der Waals surface area contributed by atoms with Gasteiger partial charge < -0.3 is 18.9 Å². The van der Waals surface area contributed by atoms with Crippen molar-refractivity contribution in [1.82, 2.24) is 4.90 Å². The fraction of sp³-hybridized carbons (Fsp3) is 0.700. The Morgan fingerprint density at radius 1 is 0.960 bits per heavy atom. The van der Waals surface area contributed by atoms with Gasteiger partial charge in [-0.3, -0.25) is 0 Å². The van der Waals surface area contributed by atoms with Crippen LogP contribution in [0.3, 0.4) is 0 Å². The van der Waals surface area contributed by atoms with E-state index in [0.29, 0.717) is 0 Å². The summed E-state index contributed by atoms with van der Waals surface area (Å²) in [6.45, 7) is 16.8. The molecule has 0 aromatic heterocycles. The Hall–Kier alpha value is -1.04. The lowest BCUT2D eigenvalue weighted by Crippen LogP contribution is -2.41. The molecule has 0 N–H and O–H groups in total. The highest BCUT2D eigenvalue weighted by Crippen LogP contribution is 2.36. The molecule has 0 aliphatic carbocycles. The second-order valence-electron chi connectivity index (χ2n) is 7.79. The lowest BCUT2D eigenvalue weighted by Gasteiger charge is -2.32. The minimum absolute atomic E-state index is 0.309. The Kier molecular flexibility index (Phi) is 6.95. The Balaban J connectivity index is 1.81. The zero-order valence-corrected chi connectivity index (χ0v) is 16.8. The first kappa shape index (κ1) is 20.3. The van der Waals surface area contributed by atoms with Crippen LogP contribution in [0.15, 0.2) is 24.3 Å². The molecule has 0 spiro atoms. The van der Waals surface area contributed by atoms with E-state index >= 15 is 0 Å². The first-order chi connectivity index (χ1) is 11.8. The lowest BCUT2D eigenvalue weighted by molar-refractivity contribution is 0.00578. The third-order valence-corrected chi connectivity index (χ3v) is 5.28. The molecule has 25 heavy (non-hydrogen) atoms. The molecule has 1 aromatic carbocycles. The van der Waals surface area contributed by atoms with E-state index in [1.165, 1.54) is 13.0 Å². The van der Waals surface area contributed by atoms with Crippen LogP contribution in [0.5, 0.6) is 5.75 Å². The van der Waals surface area contributed by atoms with E-state index in [-0.39, 0.29) is 18.3 Å². The van der Waals surface area contributed by atoms with Crippen LogP contribution >= 0.6 is 0 Å². The van der Waals surface area contributed by atoms with Crippen LogP contribution in [0.4, 0.5) is 0 Å². The molecule has 1 heterocycles. The van der Waals surface area contributed by atoms with Crippen molar-refractivity contribution in [2.75, 3.05) is 26.2 Å². The number of nitrogens with zero attached hydrogens (tertiary/aromatic N) is 1. The summed E-state index contributed by atoms with van der Waals surface area (Å²) < 4.78 is 18.0. The molecule has 1 aliphatic heterocycles. The second-order valence-corrected chi connectivity index (χ2v) is 7.79. The molecule has 4 nitrogen and oxygen atoms in total. The van der Waals surface area contributed by atoms with Gasteiger partial charge in [-0.15, -0.1) is 0 Å². The zero-order valence-electron chi connectivity index (χ0n) is 16.8. The summed E-state index contributed by atoms with van der Waals surface area (Å²) in [4.78, 5) is 2.46. The van der Waals surface area contributed by atoms with Gasteiger partial charge in [0.25, 0.3) is 0 Å². The fourth-order valence-corrected chi connectivity index (χ4v) is 2.92. The van der Waals surface area contributed by atoms with Crippen LogP contribution in [-0.2, 0) is 9.31 Å². The molecule has 1 aliphatic rings. The van der Waals surface area contributed by atoms with Gasteiger partial charge in [-0.25, -0.2) is 0 Å². The molecule has 1 fully saturated rings. The van der Waals surface area contributed by atoms with Crippen molar-refractivity contribution in [3.8, 4) is 5.75 Å². The summed E-state index contributed by atoms with van der Waals surface area (Å²) in [6.07, 6.45) is 2.25. The fourth-order valence-electron chi connectivity index (χ4n) is 2.92. The topological polar surface area (TPSA) is 30.9 Å². The highest BCUT2D eigenvalue weighted by atomic mass is 16.7. The normalized spacial score (nSPS) is 18.8. The maximum absolute atomic E-state index is 6.08. The molecule has 0 unspecified atom stereocenters. The number of ether oxygens (including phenoxy) is 1. The molecular weight excluding hydrogens is 313 g/mol. The van der Waals surface area contributed by atoms with Crippen LogP contribution < -0.4 is 10.2 Å². The highest BCUT2D eigenvalue weighted by molar-refractivity contribution is 6.62. The smallest absolute Gasteiger partial charge is 0.494 e. The minimum atomic E-state index is -0.314. The Labute approximate surface area is 154 Å². The average molecular weight is 347 g/mol. The van der Waals surface area contributed by atoms with Crippen LogP contribution in [0.2, 0.25) is 0 Å². The third kappa shape index (κ3) is 5.22. The summed E-state index contributed by atoms with van der Waals surface area (Å²) in [7, 11) is -0.314. The van der Waals surface area contributed by atoms with Crippen LogP contribution in [0.25, 0.3) is 0 Å². The predicted molar refractivity (Wildman–Crippen MR) is 105 cm³/mol. The molecule has 2 rings (SSSR count). The third-order valence-electron chi connectivity index (χ3n) is 5.28. The molecule has 1 aromatic rings. The van der Waals surface area contributed by atoms with Gasteiger partial charge in [-0.05, 0) is 71.2 Å². The van der Waals surface area contributed by atoms with Crippen molar-refractivity contribution in [2.45, 2.75) is 65.6 Å². The van der Waals surface area contributed by atoms with Crippen molar-refractivity contribution in [1.29, 1.82) is 0 Å². The molecule has 5 heteroatoms. The number of benzene rings is 1. The van der Waals surface area contributed by atoms with Crippen molar-refractivity contribution in [3.05, 3.63) is 24.3 Å². The van der Waals surface area contributed by atoms with E-state index in [1.807, 2.05) is 24.3 Å². The number of hydrogen-bond acceptors (Lipinski definition) is 4. The van der Waals surface area contributed by atoms with Gasteiger partial charge in [0.1, 0.15) is 5.75 Å². The number of rotatable bonds is 9. The van der Waals surface area contributed by atoms with E-state index in [4.69, 9.17) is 14.0 Å². The highest BCUT2D eigenvalue weighted by Gasteiger charge is 2.51. The van der Waals surface area contributed by atoms with E-state index in [1.54, 1.807) is 0 Å². The summed E-state index contributed by atoms with van der Waals surface area (Å²) in [5, 5.41) is 0. The van der Waals surface area contributed by atoms with Crippen molar-refractivity contribution >= 4 is 12.6 Å². The average Bonchev–Trinajstić information content (AvgIpc) is 2.79. The van der Waals surface area contributed by atoms with Gasteiger partial charge >= 0.3 is 7.12 Å². The van der Waals surface area contributed by atoms with Crippen LogP contribution in [-0.4, -0.2) is 49.5 Å². The van der Waals surface area contributed by atoms with E-state index < -0.39 is 0 Å². The Bertz CT molecular complexity index is 514. The zero-order chi connectivity index (χ0) is 18.5. The number of hydrogen-bond donors (Lipinski definition) is 0. The predicted octanol–water partition coefficient (Wildman–Crippen LogP) is 3.49. The SMILES string of the molecule is CCCN(CC)CCCOc1ccc(B2OC(C)(C)C(C)(C)O2)cc1. The molecule has 0 atom stereocenters. The van der Waals surface area contributed by atoms with Crippen LogP contribution in [0.1, 0.15) is 54.4 Å². The standard InChI is InChI=1S/C20H34BNO3/c1-7-14-22(8-2)15-9-16-23-18-12-10-17(11-13-18)21-24-19(3,4)20(5,6)25-21/h10-13H,7-9,14-16H2,1-6H3. The largest absolute Gasteiger partial charge is 0.494 e. The van der Waals surface area contributed by atoms with Crippen molar-refractivity contribution in [2.24, 2.45) is 0 Å². The second kappa shape index (κ2) is 8.57. The Morgan fingerprint density at radius 3 is 2.08 bits per heavy atom. The van der Waals surface area contributed by atoms with E-state index in [9.17, 15) is 0 Å². The van der Waals surface area contributed by atoms with Crippen LogP contribution in [0, 0.1) is 0 Å². The van der Waals surface area contributed by atoms with E-state index in [0.717, 1.165) is 37.3 Å². The van der Waals surface area contributed by atoms with Crippen molar-refractivity contribution in [3.63, 3.8) is 0 Å². The minimum Gasteiger partial charge on any atom is -0.494 e. The Morgan fingerprint density at radius 2 is 1.56 bits per heavy atom. The molecule has 0 saturated carbocycles. The maximum Gasteiger partial charge on any atom is 0.494 e. The molecule has 1 saturated heterocycles. The lowest BCUT2D eigenvalue weighted by atomic mass is 9.79. The van der Waals surface area contributed by atoms with Gasteiger partial charge in [0.2, 0.25) is 0 Å². The first-order valence-electron chi connectivity index (χ1n) is 9.60. The monoisotopic (exact) mass is 347 g/mol. The molecule has 0 radical (unpaired) electrons. The maximum atomic E-state index is 6.08. The van der Waals surface area contributed by atoms with Gasteiger partial charge in [0.15, 0.2) is 0 Å². The summed E-state index contributed by atoms with van der Waals surface area (Å²) in [5.74, 6) is 0.902. The molecular formula is C20H34BNO3. The van der Waals surface area contributed by atoms with Gasteiger partial charge in [-0.2, -0.15) is 0 Å². The van der Waals surface area contributed by atoms with Gasteiger partial charge in [-0.1, -0.05) is 26.0 Å². The van der Waals surface area contributed by atoms with E-state index in [2.05, 4.69) is 46.4 Å². The van der Waals surface area contributed by atoms with Crippen molar-refractivity contribution < 1.29 is 14.0 Å². The summed E-state index contributed by atoms with van der Waals surface area (Å²) >= 11 is 0. The quantitative estimate of drug-likeness (QED) is 0.505. The molecule has 0 bridgehead atoms. The first-order valence-corrected chi connectivity index (χ1v) is 9.60. The summed E-state index contributed by atoms with van der Waals surface area (Å²) in [5.41, 5.74) is 0.415. The summed E-state index contributed by atoms with van der Waals surface area (Å²) in [6, 6.07) is 8.08.